The topological polar surface area (TPSA) is 66.2 Å². The molecule has 1 N–H and O–H groups in total. The summed E-state index contributed by atoms with van der Waals surface area (Å²) in [5.74, 6) is -0.389. The molecule has 3 aromatic carbocycles. The van der Waals surface area contributed by atoms with Crippen LogP contribution < -0.4 is 14.8 Å². The Bertz CT molecular complexity index is 1690. The highest BCUT2D eigenvalue weighted by Crippen LogP contribution is 2.35. The fraction of sp³-hybridized carbons (Fsp3) is 0.161. The van der Waals surface area contributed by atoms with E-state index in [4.69, 9.17) is 4.98 Å². The molecule has 6 nitrogen and oxygen atoms in total. The molecule has 1 aliphatic rings. The van der Waals surface area contributed by atoms with Crippen molar-refractivity contribution in [2.75, 3.05) is 10.2 Å². The average molecular weight is 520 g/mol. The Morgan fingerprint density at radius 2 is 1.74 bits per heavy atom. The van der Waals surface area contributed by atoms with Gasteiger partial charge >= 0.3 is 0 Å². The van der Waals surface area contributed by atoms with E-state index in [0.717, 1.165) is 43.3 Å². The molecule has 0 saturated heterocycles. The first kappa shape index (κ1) is 24.0. The van der Waals surface area contributed by atoms with Crippen molar-refractivity contribution in [2.45, 2.75) is 33.4 Å². The number of anilines is 2. The van der Waals surface area contributed by atoms with E-state index in [-0.39, 0.29) is 18.4 Å². The van der Waals surface area contributed by atoms with Gasteiger partial charge in [0.25, 0.3) is 11.8 Å². The molecule has 0 spiro atoms. The summed E-state index contributed by atoms with van der Waals surface area (Å²) in [4.78, 5) is 33.7. The zero-order valence-corrected chi connectivity index (χ0v) is 22.3. The van der Waals surface area contributed by atoms with Crippen molar-refractivity contribution in [3.63, 3.8) is 0 Å². The predicted octanol–water partition coefficient (Wildman–Crippen LogP) is 5.90. The van der Waals surface area contributed by atoms with Crippen LogP contribution in [0.3, 0.4) is 0 Å². The van der Waals surface area contributed by atoms with Crippen molar-refractivity contribution >= 4 is 44.7 Å². The Labute approximate surface area is 225 Å². The van der Waals surface area contributed by atoms with Crippen molar-refractivity contribution < 1.29 is 14.2 Å². The summed E-state index contributed by atoms with van der Waals surface area (Å²) in [6, 6.07) is 24.8. The third kappa shape index (κ3) is 4.25. The van der Waals surface area contributed by atoms with Gasteiger partial charge in [-0.25, -0.2) is 4.98 Å². The molecule has 38 heavy (non-hydrogen) atoms. The number of aryl methyl sites for hydroxylation is 3. The second-order valence-corrected chi connectivity index (χ2v) is 10.7. The number of carbonyl (C=O) groups is 2. The van der Waals surface area contributed by atoms with Gasteiger partial charge in [-0.2, -0.15) is 4.57 Å². The third-order valence-electron chi connectivity index (χ3n) is 7.00. The molecule has 0 fully saturated rings. The first-order valence-corrected chi connectivity index (χ1v) is 13.4. The lowest BCUT2D eigenvalue weighted by atomic mass is 10.0. The van der Waals surface area contributed by atoms with Gasteiger partial charge in [0.05, 0.1) is 10.2 Å². The zero-order chi connectivity index (χ0) is 26.4. The number of rotatable bonds is 4. The minimum Gasteiger partial charge on any atom is -0.323 e. The number of amides is 2. The van der Waals surface area contributed by atoms with Crippen LogP contribution in [0.25, 0.3) is 20.8 Å². The number of hydrogen-bond acceptors (Lipinski definition) is 4. The van der Waals surface area contributed by atoms with Crippen LogP contribution in [0.5, 0.6) is 0 Å². The molecular weight excluding hydrogens is 492 g/mol. The molecule has 188 valence electrons. The fourth-order valence-corrected chi connectivity index (χ4v) is 6.12. The molecule has 6 rings (SSSR count). The molecule has 1 unspecified atom stereocenters. The predicted molar refractivity (Wildman–Crippen MR) is 151 cm³/mol. The summed E-state index contributed by atoms with van der Waals surface area (Å²) < 4.78 is 3.00. The smallest absolute Gasteiger partial charge is 0.294 e. The van der Waals surface area contributed by atoms with Gasteiger partial charge < -0.3 is 5.32 Å². The molecule has 1 aliphatic heterocycles. The fourth-order valence-electron chi connectivity index (χ4n) is 5.05. The van der Waals surface area contributed by atoms with Gasteiger partial charge in [0.2, 0.25) is 18.3 Å². The number of fused-ring (bicyclic) bond motifs is 2. The molecule has 7 heteroatoms. The van der Waals surface area contributed by atoms with Crippen LogP contribution in [0.15, 0.2) is 85.1 Å². The second-order valence-electron chi connectivity index (χ2n) is 9.71. The second kappa shape index (κ2) is 9.50. The van der Waals surface area contributed by atoms with Crippen LogP contribution in [0.1, 0.15) is 28.4 Å². The summed E-state index contributed by atoms with van der Waals surface area (Å²) >= 11 is 1.65. The maximum Gasteiger partial charge on any atom is 0.294 e. The molecule has 0 saturated carbocycles. The maximum atomic E-state index is 13.9. The summed E-state index contributed by atoms with van der Waals surface area (Å²) in [5.41, 5.74) is 7.32. The van der Waals surface area contributed by atoms with Crippen LogP contribution >= 0.6 is 11.3 Å². The lowest BCUT2D eigenvalue weighted by Gasteiger charge is -2.32. The van der Waals surface area contributed by atoms with Gasteiger partial charge in [0, 0.05) is 29.1 Å². The van der Waals surface area contributed by atoms with Gasteiger partial charge in [0.15, 0.2) is 6.20 Å². The lowest BCUT2D eigenvalue weighted by Crippen LogP contribution is -2.58. The zero-order valence-electron chi connectivity index (χ0n) is 21.4. The summed E-state index contributed by atoms with van der Waals surface area (Å²) in [7, 11) is 0. The van der Waals surface area contributed by atoms with Crippen LogP contribution in [-0.2, 0) is 16.1 Å². The van der Waals surface area contributed by atoms with E-state index in [1.54, 1.807) is 16.2 Å². The molecule has 5 aromatic rings. The van der Waals surface area contributed by atoms with Crippen molar-refractivity contribution in [1.82, 2.24) is 4.98 Å². The first-order valence-electron chi connectivity index (χ1n) is 12.5. The monoisotopic (exact) mass is 519 g/mol. The molecular formula is C31H27N4O2S+. The Hall–Kier alpha value is -4.36. The molecule has 3 heterocycles. The number of nitrogens with one attached hydrogen (secondary N) is 1. The van der Waals surface area contributed by atoms with Crippen molar-refractivity contribution in [3.8, 4) is 10.6 Å². The Balaban J connectivity index is 1.38. The van der Waals surface area contributed by atoms with Gasteiger partial charge in [-0.3, -0.25) is 14.5 Å². The summed E-state index contributed by atoms with van der Waals surface area (Å²) in [5, 5.41) is 4.04. The number of thiazole rings is 1. The van der Waals surface area contributed by atoms with E-state index in [1.165, 1.54) is 5.56 Å². The highest BCUT2D eigenvalue weighted by Gasteiger charge is 2.43. The lowest BCUT2D eigenvalue weighted by molar-refractivity contribution is -0.695. The highest BCUT2D eigenvalue weighted by molar-refractivity contribution is 7.21. The number of carbonyl (C=O) groups excluding carboxylic acids is 2. The minimum absolute atomic E-state index is 0.140. The summed E-state index contributed by atoms with van der Waals surface area (Å²) in [6.45, 7) is 6.18. The van der Waals surface area contributed by atoms with E-state index in [9.17, 15) is 9.59 Å². The van der Waals surface area contributed by atoms with E-state index < -0.39 is 6.04 Å². The van der Waals surface area contributed by atoms with E-state index in [1.807, 2.05) is 91.3 Å². The number of para-hydroxylation sites is 1. The Morgan fingerprint density at radius 1 is 0.974 bits per heavy atom. The number of benzene rings is 3. The number of nitrogens with zero attached hydrogens (tertiary/aromatic N) is 3. The first-order chi connectivity index (χ1) is 18.4. The summed E-state index contributed by atoms with van der Waals surface area (Å²) in [6.07, 6.45) is 1.85. The number of aromatic nitrogens is 2. The van der Waals surface area contributed by atoms with Gasteiger partial charge in [-0.05, 0) is 73.9 Å². The number of pyridine rings is 1. The van der Waals surface area contributed by atoms with E-state index in [0.29, 0.717) is 5.69 Å². The van der Waals surface area contributed by atoms with Crippen molar-refractivity contribution in [2.24, 2.45) is 0 Å². The third-order valence-corrected chi connectivity index (χ3v) is 8.07. The largest absolute Gasteiger partial charge is 0.323 e. The molecule has 0 radical (unpaired) electrons. The minimum atomic E-state index is -0.812. The molecule has 2 amide bonds. The molecule has 0 aliphatic carbocycles. The van der Waals surface area contributed by atoms with E-state index in [2.05, 4.69) is 24.4 Å². The van der Waals surface area contributed by atoms with Crippen LogP contribution in [-0.4, -0.2) is 16.8 Å². The quantitative estimate of drug-likeness (QED) is 0.301. The highest BCUT2D eigenvalue weighted by atomic mass is 32.1. The van der Waals surface area contributed by atoms with Crippen LogP contribution in [0.4, 0.5) is 11.4 Å². The van der Waals surface area contributed by atoms with Gasteiger partial charge in [-0.15, -0.1) is 11.3 Å². The van der Waals surface area contributed by atoms with Crippen LogP contribution in [0, 0.1) is 20.8 Å². The normalized spacial score (nSPS) is 15.0. The van der Waals surface area contributed by atoms with E-state index >= 15 is 0 Å². The van der Waals surface area contributed by atoms with Crippen LogP contribution in [0.2, 0.25) is 0 Å². The molecule has 0 bridgehead atoms. The Kier molecular flexibility index (Phi) is 6.00. The molecule has 2 aromatic heterocycles. The van der Waals surface area contributed by atoms with Crippen molar-refractivity contribution in [3.05, 3.63) is 107 Å². The molecule has 1 atom stereocenters. The maximum absolute atomic E-state index is 13.9. The number of hydrogen-bond donors (Lipinski definition) is 1. The average Bonchev–Trinajstić information content (AvgIpc) is 3.33. The van der Waals surface area contributed by atoms with Crippen molar-refractivity contribution in [1.29, 1.82) is 0 Å². The SMILES string of the molecule is Cc1ccc2nc(-c3ccc(N4C(=O)C[n+]5ccccc5C4C(=O)Nc4c(C)cccc4C)cc3)sc2c1. The standard InChI is InChI=1S/C31H26N4O2S/c1-19-10-15-24-26(17-19)38-31(32-24)22-11-13-23(14-12-22)35-27(36)18-34-16-5-4-9-25(34)29(35)30(37)33-28-20(2)7-6-8-21(28)3/h4-17,29H,18H2,1-3H3/p+1. The van der Waals surface area contributed by atoms with Gasteiger partial charge in [0.1, 0.15) is 5.01 Å². The Morgan fingerprint density at radius 3 is 2.50 bits per heavy atom. The van der Waals surface area contributed by atoms with Gasteiger partial charge in [-0.1, -0.05) is 30.3 Å².